The summed E-state index contributed by atoms with van der Waals surface area (Å²) in [6, 6.07) is 1.16. The average Bonchev–Trinajstić information content (AvgIpc) is 2.89. The van der Waals surface area contributed by atoms with Crippen LogP contribution in [0, 0.1) is 0 Å². The molecule has 0 heterocycles. The predicted molar refractivity (Wildman–Crippen MR) is 94.5 cm³/mol. The zero-order valence-electron chi connectivity index (χ0n) is 12.6. The largest absolute Gasteiger partial charge is 0.355 e. The Balaban J connectivity index is 0.00000324. The second-order valence-corrected chi connectivity index (χ2v) is 5.02. The monoisotopic (exact) mass is 380 g/mol. The lowest BCUT2D eigenvalue weighted by Crippen LogP contribution is -2.45. The molecular formula is C14H29IN4. The molecule has 1 aliphatic rings. The first kappa shape index (κ1) is 18.7. The van der Waals surface area contributed by atoms with Gasteiger partial charge in [-0.25, -0.2) is 0 Å². The standard InChI is InChI=1S/C14H28N4.HI/c1-5-12(2)18(4)11-10-16-14(15-3)17-13-8-6-7-9-13;/h6-7,12-13H,5,8-11H2,1-4H3,(H2,15,16,17);1H. The van der Waals surface area contributed by atoms with E-state index in [9.17, 15) is 0 Å². The molecule has 0 aromatic rings. The summed E-state index contributed by atoms with van der Waals surface area (Å²) in [5.74, 6) is 0.918. The fraction of sp³-hybridized carbons (Fsp3) is 0.786. The molecule has 0 bridgehead atoms. The summed E-state index contributed by atoms with van der Waals surface area (Å²) in [5, 5.41) is 6.82. The van der Waals surface area contributed by atoms with Gasteiger partial charge in [0.25, 0.3) is 0 Å². The summed E-state index contributed by atoms with van der Waals surface area (Å²) in [7, 11) is 4.00. The van der Waals surface area contributed by atoms with Gasteiger partial charge in [-0.3, -0.25) is 4.99 Å². The van der Waals surface area contributed by atoms with E-state index in [0.717, 1.165) is 31.9 Å². The Morgan fingerprint density at radius 1 is 1.42 bits per heavy atom. The van der Waals surface area contributed by atoms with E-state index in [0.29, 0.717) is 12.1 Å². The summed E-state index contributed by atoms with van der Waals surface area (Å²) in [5.41, 5.74) is 0. The average molecular weight is 380 g/mol. The molecule has 1 rings (SSSR count). The van der Waals surface area contributed by atoms with Crippen LogP contribution in [0.25, 0.3) is 0 Å². The Kier molecular flexibility index (Phi) is 10.3. The number of hydrogen-bond donors (Lipinski definition) is 2. The van der Waals surface area contributed by atoms with E-state index in [1.165, 1.54) is 6.42 Å². The van der Waals surface area contributed by atoms with Crippen LogP contribution in [0.5, 0.6) is 0 Å². The first-order valence-corrected chi connectivity index (χ1v) is 6.99. The quantitative estimate of drug-likeness (QED) is 0.321. The van der Waals surface area contributed by atoms with Crippen LogP contribution in [-0.2, 0) is 0 Å². The molecule has 0 saturated heterocycles. The van der Waals surface area contributed by atoms with Crippen molar-refractivity contribution in [2.24, 2.45) is 4.99 Å². The molecule has 19 heavy (non-hydrogen) atoms. The van der Waals surface area contributed by atoms with Gasteiger partial charge >= 0.3 is 0 Å². The third kappa shape index (κ3) is 7.15. The summed E-state index contributed by atoms with van der Waals surface area (Å²) < 4.78 is 0. The summed E-state index contributed by atoms with van der Waals surface area (Å²) in [6.07, 6.45) is 7.85. The smallest absolute Gasteiger partial charge is 0.191 e. The van der Waals surface area contributed by atoms with Crippen molar-refractivity contribution in [3.8, 4) is 0 Å². The Morgan fingerprint density at radius 3 is 2.58 bits per heavy atom. The van der Waals surface area contributed by atoms with Crippen LogP contribution in [0.15, 0.2) is 17.1 Å². The van der Waals surface area contributed by atoms with Crippen LogP contribution in [-0.4, -0.2) is 50.1 Å². The second kappa shape index (κ2) is 10.5. The molecule has 1 aliphatic carbocycles. The molecule has 112 valence electrons. The number of likely N-dealkylation sites (N-methyl/N-ethyl adjacent to an activating group) is 1. The number of guanidine groups is 1. The molecule has 4 nitrogen and oxygen atoms in total. The van der Waals surface area contributed by atoms with E-state index in [-0.39, 0.29) is 24.0 Å². The van der Waals surface area contributed by atoms with Crippen molar-refractivity contribution in [2.45, 2.75) is 45.2 Å². The third-order valence-corrected chi connectivity index (χ3v) is 3.67. The number of nitrogens with zero attached hydrogens (tertiary/aromatic N) is 2. The lowest BCUT2D eigenvalue weighted by molar-refractivity contribution is 0.255. The maximum Gasteiger partial charge on any atom is 0.191 e. The molecule has 0 fully saturated rings. The SMILES string of the molecule is CCC(C)N(C)CCNC(=NC)NC1CC=CC1.I. The number of aliphatic imine (C=N–C) groups is 1. The molecule has 0 saturated carbocycles. The van der Waals surface area contributed by atoms with Crippen LogP contribution in [0.1, 0.15) is 33.1 Å². The van der Waals surface area contributed by atoms with Crippen LogP contribution in [0.3, 0.4) is 0 Å². The minimum absolute atomic E-state index is 0. The van der Waals surface area contributed by atoms with Crippen molar-refractivity contribution in [1.29, 1.82) is 0 Å². The normalized spacial score (nSPS) is 17.4. The van der Waals surface area contributed by atoms with Crippen molar-refractivity contribution in [3.05, 3.63) is 12.2 Å². The molecule has 1 atom stereocenters. The summed E-state index contributed by atoms with van der Waals surface area (Å²) in [6.45, 7) is 6.46. The minimum Gasteiger partial charge on any atom is -0.355 e. The summed E-state index contributed by atoms with van der Waals surface area (Å²) in [4.78, 5) is 6.63. The highest BCUT2D eigenvalue weighted by molar-refractivity contribution is 14.0. The predicted octanol–water partition coefficient (Wildman–Crippen LogP) is 2.22. The zero-order valence-corrected chi connectivity index (χ0v) is 15.0. The van der Waals surface area contributed by atoms with E-state index in [1.54, 1.807) is 0 Å². The molecule has 0 aliphatic heterocycles. The van der Waals surface area contributed by atoms with Gasteiger partial charge in [0.2, 0.25) is 0 Å². The van der Waals surface area contributed by atoms with Crippen molar-refractivity contribution < 1.29 is 0 Å². The maximum atomic E-state index is 4.26. The first-order valence-electron chi connectivity index (χ1n) is 6.99. The second-order valence-electron chi connectivity index (χ2n) is 5.02. The van der Waals surface area contributed by atoms with Crippen LogP contribution in [0.2, 0.25) is 0 Å². The van der Waals surface area contributed by atoms with E-state index >= 15 is 0 Å². The number of nitrogens with one attached hydrogen (secondary N) is 2. The molecule has 0 spiro atoms. The number of rotatable bonds is 6. The van der Waals surface area contributed by atoms with E-state index < -0.39 is 0 Å². The molecule has 2 N–H and O–H groups in total. The highest BCUT2D eigenvalue weighted by atomic mass is 127. The van der Waals surface area contributed by atoms with Gasteiger partial charge in [0, 0.05) is 32.2 Å². The molecule has 0 radical (unpaired) electrons. The van der Waals surface area contributed by atoms with Crippen molar-refractivity contribution in [1.82, 2.24) is 15.5 Å². The molecule has 1 unspecified atom stereocenters. The fourth-order valence-corrected chi connectivity index (χ4v) is 2.01. The highest BCUT2D eigenvalue weighted by Gasteiger charge is 2.11. The lowest BCUT2D eigenvalue weighted by atomic mass is 10.2. The Labute approximate surface area is 135 Å². The Bertz CT molecular complexity index is 283. The van der Waals surface area contributed by atoms with Crippen molar-refractivity contribution in [2.75, 3.05) is 27.2 Å². The van der Waals surface area contributed by atoms with Crippen molar-refractivity contribution >= 4 is 29.9 Å². The van der Waals surface area contributed by atoms with Gasteiger partial charge in [0.05, 0.1) is 0 Å². The van der Waals surface area contributed by atoms with Crippen LogP contribution in [0.4, 0.5) is 0 Å². The van der Waals surface area contributed by atoms with Gasteiger partial charge in [-0.15, -0.1) is 24.0 Å². The zero-order chi connectivity index (χ0) is 13.4. The van der Waals surface area contributed by atoms with Gasteiger partial charge in [-0.2, -0.15) is 0 Å². The summed E-state index contributed by atoms with van der Waals surface area (Å²) >= 11 is 0. The maximum absolute atomic E-state index is 4.26. The van der Waals surface area contributed by atoms with Gasteiger partial charge < -0.3 is 15.5 Å². The molecule has 0 aromatic carbocycles. The van der Waals surface area contributed by atoms with E-state index in [2.05, 4.69) is 53.6 Å². The lowest BCUT2D eigenvalue weighted by Gasteiger charge is -2.24. The van der Waals surface area contributed by atoms with Gasteiger partial charge in [-0.05, 0) is 33.2 Å². The Morgan fingerprint density at radius 2 is 2.05 bits per heavy atom. The van der Waals surface area contributed by atoms with Crippen LogP contribution < -0.4 is 10.6 Å². The minimum atomic E-state index is 0. The number of hydrogen-bond acceptors (Lipinski definition) is 2. The van der Waals surface area contributed by atoms with Gasteiger partial charge in [0.15, 0.2) is 5.96 Å². The van der Waals surface area contributed by atoms with Crippen molar-refractivity contribution in [3.63, 3.8) is 0 Å². The van der Waals surface area contributed by atoms with Gasteiger partial charge in [0.1, 0.15) is 0 Å². The topological polar surface area (TPSA) is 39.7 Å². The molecule has 5 heteroatoms. The van der Waals surface area contributed by atoms with Gasteiger partial charge in [-0.1, -0.05) is 19.1 Å². The molecular weight excluding hydrogens is 351 g/mol. The number of halogens is 1. The molecule has 0 amide bonds. The van der Waals surface area contributed by atoms with Crippen LogP contribution >= 0.6 is 24.0 Å². The third-order valence-electron chi connectivity index (χ3n) is 3.67. The first-order chi connectivity index (χ1) is 8.67. The fourth-order valence-electron chi connectivity index (χ4n) is 2.01. The highest BCUT2D eigenvalue weighted by Crippen LogP contribution is 2.08. The Hall–Kier alpha value is -0.300. The molecule has 0 aromatic heterocycles. The van der Waals surface area contributed by atoms with E-state index in [1.807, 2.05) is 7.05 Å². The van der Waals surface area contributed by atoms with E-state index in [4.69, 9.17) is 0 Å².